The van der Waals surface area contributed by atoms with Crippen molar-refractivity contribution in [1.82, 2.24) is 15.1 Å². The summed E-state index contributed by atoms with van der Waals surface area (Å²) in [5.41, 5.74) is 2.03. The molecule has 1 unspecified atom stereocenters. The van der Waals surface area contributed by atoms with Crippen molar-refractivity contribution in [3.63, 3.8) is 0 Å². The maximum absolute atomic E-state index is 12.7. The zero-order valence-electron chi connectivity index (χ0n) is 18.9. The van der Waals surface area contributed by atoms with E-state index in [1.54, 1.807) is 7.11 Å². The van der Waals surface area contributed by atoms with Gasteiger partial charge in [-0.05, 0) is 49.1 Å². The van der Waals surface area contributed by atoms with E-state index in [0.29, 0.717) is 37.5 Å². The molecule has 1 N–H and O–H groups in total. The average Bonchev–Trinajstić information content (AvgIpc) is 3.03. The van der Waals surface area contributed by atoms with Crippen molar-refractivity contribution in [3.8, 4) is 5.75 Å². The fourth-order valence-corrected chi connectivity index (χ4v) is 4.27. The molecular formula is C25H32ClN3O3. The standard InChI is InChI=1S/C25H32ClN3O3/c1-19(22-6-3-4-7-23(22)26)27-24(30)18-28-14-5-15-29(17-16-28)25(31)13-10-20-8-11-21(32-2)12-9-20/h3-4,6-9,11-12,19H,5,10,13-18H2,1-2H3,(H,27,30). The number of carbonyl (C=O) groups is 2. The van der Waals surface area contributed by atoms with Gasteiger partial charge in [0, 0.05) is 37.6 Å². The highest BCUT2D eigenvalue weighted by molar-refractivity contribution is 6.31. The Morgan fingerprint density at radius 1 is 1.06 bits per heavy atom. The third-order valence-electron chi connectivity index (χ3n) is 5.84. The SMILES string of the molecule is COc1ccc(CCC(=O)N2CCCN(CC(=O)NC(C)c3ccccc3Cl)CC2)cc1. The lowest BCUT2D eigenvalue weighted by Gasteiger charge is -2.23. The summed E-state index contributed by atoms with van der Waals surface area (Å²) in [4.78, 5) is 29.3. The Kier molecular flexibility index (Phi) is 8.94. The van der Waals surface area contributed by atoms with Gasteiger partial charge in [0.25, 0.3) is 0 Å². The van der Waals surface area contributed by atoms with Gasteiger partial charge in [-0.25, -0.2) is 0 Å². The second-order valence-corrected chi connectivity index (χ2v) is 8.58. The molecule has 2 amide bonds. The topological polar surface area (TPSA) is 61.9 Å². The lowest BCUT2D eigenvalue weighted by atomic mass is 10.1. The van der Waals surface area contributed by atoms with Gasteiger partial charge in [-0.15, -0.1) is 0 Å². The number of rotatable bonds is 8. The minimum atomic E-state index is -0.154. The first-order valence-electron chi connectivity index (χ1n) is 11.1. The van der Waals surface area contributed by atoms with Gasteiger partial charge in [-0.3, -0.25) is 14.5 Å². The van der Waals surface area contributed by atoms with Crippen LogP contribution in [0.4, 0.5) is 0 Å². The smallest absolute Gasteiger partial charge is 0.234 e. The molecule has 1 saturated heterocycles. The molecule has 1 fully saturated rings. The highest BCUT2D eigenvalue weighted by Gasteiger charge is 2.21. The molecule has 0 aromatic heterocycles. The maximum Gasteiger partial charge on any atom is 0.234 e. The number of aryl methyl sites for hydroxylation is 1. The van der Waals surface area contributed by atoms with E-state index in [1.807, 2.05) is 60.4 Å². The van der Waals surface area contributed by atoms with Gasteiger partial charge in [0.05, 0.1) is 19.7 Å². The molecule has 0 spiro atoms. The predicted octanol–water partition coefficient (Wildman–Crippen LogP) is 3.69. The summed E-state index contributed by atoms with van der Waals surface area (Å²) in [6, 6.07) is 15.2. The fourth-order valence-electron chi connectivity index (χ4n) is 3.97. The Morgan fingerprint density at radius 3 is 2.53 bits per heavy atom. The molecule has 2 aromatic carbocycles. The Morgan fingerprint density at radius 2 is 1.81 bits per heavy atom. The number of nitrogens with one attached hydrogen (secondary N) is 1. The number of nitrogens with zero attached hydrogens (tertiary/aromatic N) is 2. The Labute approximate surface area is 195 Å². The molecule has 0 saturated carbocycles. The highest BCUT2D eigenvalue weighted by atomic mass is 35.5. The van der Waals surface area contributed by atoms with E-state index in [9.17, 15) is 9.59 Å². The van der Waals surface area contributed by atoms with E-state index in [0.717, 1.165) is 36.4 Å². The zero-order chi connectivity index (χ0) is 22.9. The van der Waals surface area contributed by atoms with Crippen LogP contribution in [0.1, 0.15) is 36.9 Å². The van der Waals surface area contributed by atoms with Crippen LogP contribution in [-0.2, 0) is 16.0 Å². The number of carbonyl (C=O) groups excluding carboxylic acids is 2. The van der Waals surface area contributed by atoms with Crippen LogP contribution in [0.2, 0.25) is 5.02 Å². The van der Waals surface area contributed by atoms with Crippen molar-refractivity contribution >= 4 is 23.4 Å². The molecule has 0 radical (unpaired) electrons. The third-order valence-corrected chi connectivity index (χ3v) is 6.19. The van der Waals surface area contributed by atoms with Gasteiger partial charge in [-0.2, -0.15) is 0 Å². The summed E-state index contributed by atoms with van der Waals surface area (Å²) in [5, 5.41) is 3.68. The highest BCUT2D eigenvalue weighted by Crippen LogP contribution is 2.22. The molecule has 1 heterocycles. The minimum Gasteiger partial charge on any atom is -0.497 e. The largest absolute Gasteiger partial charge is 0.497 e. The lowest BCUT2D eigenvalue weighted by molar-refractivity contribution is -0.131. The summed E-state index contributed by atoms with van der Waals surface area (Å²) >= 11 is 6.24. The summed E-state index contributed by atoms with van der Waals surface area (Å²) in [5.74, 6) is 0.953. The molecule has 2 aromatic rings. The number of benzene rings is 2. The predicted molar refractivity (Wildman–Crippen MR) is 127 cm³/mol. The van der Waals surface area contributed by atoms with Crippen molar-refractivity contribution in [2.45, 2.75) is 32.2 Å². The molecule has 0 aliphatic carbocycles. The Bertz CT molecular complexity index is 904. The van der Waals surface area contributed by atoms with Crippen LogP contribution < -0.4 is 10.1 Å². The number of halogens is 1. The number of hydrogen-bond donors (Lipinski definition) is 1. The van der Waals surface area contributed by atoms with Crippen LogP contribution in [0.5, 0.6) is 5.75 Å². The first kappa shape index (κ1) is 24.1. The van der Waals surface area contributed by atoms with Crippen LogP contribution in [0.15, 0.2) is 48.5 Å². The first-order chi connectivity index (χ1) is 15.5. The lowest BCUT2D eigenvalue weighted by Crippen LogP contribution is -2.40. The van der Waals surface area contributed by atoms with Crippen LogP contribution in [-0.4, -0.2) is 61.4 Å². The normalized spacial score (nSPS) is 15.7. The van der Waals surface area contributed by atoms with E-state index < -0.39 is 0 Å². The van der Waals surface area contributed by atoms with Gasteiger partial charge >= 0.3 is 0 Å². The van der Waals surface area contributed by atoms with E-state index >= 15 is 0 Å². The molecular weight excluding hydrogens is 426 g/mol. The molecule has 1 aliphatic heterocycles. The quantitative estimate of drug-likeness (QED) is 0.656. The number of amides is 2. The average molecular weight is 458 g/mol. The second-order valence-electron chi connectivity index (χ2n) is 8.17. The van der Waals surface area contributed by atoms with E-state index in [4.69, 9.17) is 16.3 Å². The maximum atomic E-state index is 12.7. The fraction of sp³-hybridized carbons (Fsp3) is 0.440. The number of ether oxygens (including phenoxy) is 1. The monoisotopic (exact) mass is 457 g/mol. The molecule has 1 aliphatic rings. The third kappa shape index (κ3) is 6.97. The molecule has 7 heteroatoms. The first-order valence-corrected chi connectivity index (χ1v) is 11.5. The Balaban J connectivity index is 1.43. The van der Waals surface area contributed by atoms with E-state index in [-0.39, 0.29) is 17.9 Å². The summed E-state index contributed by atoms with van der Waals surface area (Å²) in [7, 11) is 1.64. The summed E-state index contributed by atoms with van der Waals surface area (Å²) in [6.07, 6.45) is 2.06. The van der Waals surface area contributed by atoms with Gasteiger partial charge in [-0.1, -0.05) is 41.9 Å². The van der Waals surface area contributed by atoms with Crippen molar-refractivity contribution < 1.29 is 14.3 Å². The van der Waals surface area contributed by atoms with Gasteiger partial charge in [0.15, 0.2) is 0 Å². The van der Waals surface area contributed by atoms with Crippen molar-refractivity contribution in [2.24, 2.45) is 0 Å². The zero-order valence-corrected chi connectivity index (χ0v) is 19.6. The molecule has 6 nitrogen and oxygen atoms in total. The Hall–Kier alpha value is -2.57. The van der Waals surface area contributed by atoms with Crippen molar-refractivity contribution in [1.29, 1.82) is 0 Å². The molecule has 0 bridgehead atoms. The molecule has 3 rings (SSSR count). The van der Waals surface area contributed by atoms with Crippen LogP contribution in [0, 0.1) is 0 Å². The number of methoxy groups -OCH3 is 1. The molecule has 1 atom stereocenters. The molecule has 32 heavy (non-hydrogen) atoms. The summed E-state index contributed by atoms with van der Waals surface area (Å²) < 4.78 is 5.18. The minimum absolute atomic E-state index is 0.0308. The van der Waals surface area contributed by atoms with E-state index in [2.05, 4.69) is 10.2 Å². The van der Waals surface area contributed by atoms with Gasteiger partial charge < -0.3 is 15.0 Å². The molecule has 172 valence electrons. The van der Waals surface area contributed by atoms with Gasteiger partial charge in [0.2, 0.25) is 11.8 Å². The van der Waals surface area contributed by atoms with Crippen molar-refractivity contribution in [2.75, 3.05) is 39.8 Å². The van der Waals surface area contributed by atoms with Crippen LogP contribution in [0.3, 0.4) is 0 Å². The van der Waals surface area contributed by atoms with Crippen LogP contribution in [0.25, 0.3) is 0 Å². The van der Waals surface area contributed by atoms with Gasteiger partial charge in [0.1, 0.15) is 5.75 Å². The number of hydrogen-bond acceptors (Lipinski definition) is 4. The second kappa shape index (κ2) is 11.9. The van der Waals surface area contributed by atoms with Crippen molar-refractivity contribution in [3.05, 3.63) is 64.7 Å². The summed E-state index contributed by atoms with van der Waals surface area (Å²) in [6.45, 7) is 5.14. The van der Waals surface area contributed by atoms with E-state index in [1.165, 1.54) is 0 Å². The van der Waals surface area contributed by atoms with Crippen LogP contribution >= 0.6 is 11.6 Å².